The maximum Gasteiger partial charge on any atom is 0.0518 e. The number of rotatable bonds is 2. The van der Waals surface area contributed by atoms with E-state index in [1.807, 2.05) is 0 Å². The van der Waals surface area contributed by atoms with Crippen molar-refractivity contribution in [3.63, 3.8) is 0 Å². The highest BCUT2D eigenvalue weighted by atomic mass is 35.5. The molecule has 0 bridgehead atoms. The van der Waals surface area contributed by atoms with Gasteiger partial charge in [-0.2, -0.15) is 0 Å². The third-order valence-corrected chi connectivity index (χ3v) is 3.29. The van der Waals surface area contributed by atoms with Crippen LogP contribution in [0, 0.1) is 6.92 Å². The fraction of sp³-hybridized carbons (Fsp3) is 0.429. The molecule has 0 N–H and O–H groups in total. The molecule has 1 aliphatic carbocycles. The molecule has 0 saturated heterocycles. The molecule has 1 aliphatic rings. The van der Waals surface area contributed by atoms with Crippen LogP contribution in [0.2, 0.25) is 0 Å². The van der Waals surface area contributed by atoms with Crippen molar-refractivity contribution in [2.24, 2.45) is 0 Å². The van der Waals surface area contributed by atoms with Gasteiger partial charge in [0.15, 0.2) is 0 Å². The van der Waals surface area contributed by atoms with Crippen molar-refractivity contribution in [3.8, 4) is 0 Å². The molecule has 0 radical (unpaired) electrons. The third kappa shape index (κ3) is 3.10. The largest absolute Gasteiger partial charge is 0.118 e. The number of benzene rings is 1. The Bertz CT molecular complexity index is 348. The summed E-state index contributed by atoms with van der Waals surface area (Å²) in [5, 5.41) is 0.263. The van der Waals surface area contributed by atoms with Gasteiger partial charge in [-0.15, -0.1) is 11.6 Å². The van der Waals surface area contributed by atoms with Crippen LogP contribution < -0.4 is 0 Å². The Kier molecular flexibility index (Phi) is 3.48. The lowest BCUT2D eigenvalue weighted by Gasteiger charge is -2.16. The van der Waals surface area contributed by atoms with Gasteiger partial charge in [0.2, 0.25) is 0 Å². The van der Waals surface area contributed by atoms with E-state index in [1.54, 1.807) is 0 Å². The molecule has 2 rings (SSSR count). The van der Waals surface area contributed by atoms with E-state index in [4.69, 9.17) is 11.6 Å². The van der Waals surface area contributed by atoms with Gasteiger partial charge in [0.1, 0.15) is 0 Å². The zero-order valence-electron chi connectivity index (χ0n) is 9.17. The van der Waals surface area contributed by atoms with Gasteiger partial charge in [-0.25, -0.2) is 0 Å². The average molecular weight is 221 g/mol. The van der Waals surface area contributed by atoms with Crippen LogP contribution in [0.3, 0.4) is 0 Å². The van der Waals surface area contributed by atoms with Crippen molar-refractivity contribution in [3.05, 3.63) is 47.0 Å². The van der Waals surface area contributed by atoms with Gasteiger partial charge >= 0.3 is 0 Å². The standard InChI is InChI=1S/C14H17Cl/c1-11-5-7-12(8-6-11)9-13-3-2-4-14(15)10-13/h5-8,10,14H,2-4,9H2,1H3. The maximum absolute atomic E-state index is 6.13. The molecule has 0 saturated carbocycles. The zero-order valence-corrected chi connectivity index (χ0v) is 9.93. The number of allylic oxidation sites excluding steroid dienone is 2. The predicted molar refractivity (Wildman–Crippen MR) is 66.5 cm³/mol. The first-order valence-electron chi connectivity index (χ1n) is 5.63. The van der Waals surface area contributed by atoms with Crippen LogP contribution >= 0.6 is 11.6 Å². The summed E-state index contributed by atoms with van der Waals surface area (Å²) in [6.07, 6.45) is 6.91. The molecule has 15 heavy (non-hydrogen) atoms. The molecule has 80 valence electrons. The molecule has 1 aromatic rings. The summed E-state index contributed by atoms with van der Waals surface area (Å²) < 4.78 is 0. The highest BCUT2D eigenvalue weighted by Gasteiger charge is 2.10. The van der Waals surface area contributed by atoms with E-state index in [2.05, 4.69) is 37.3 Å². The van der Waals surface area contributed by atoms with Crippen molar-refractivity contribution in [2.45, 2.75) is 38.0 Å². The second-order valence-electron chi connectivity index (χ2n) is 4.40. The van der Waals surface area contributed by atoms with Crippen molar-refractivity contribution >= 4 is 11.6 Å². The quantitative estimate of drug-likeness (QED) is 0.516. The molecule has 1 heteroatoms. The minimum absolute atomic E-state index is 0.263. The van der Waals surface area contributed by atoms with E-state index in [1.165, 1.54) is 29.5 Å². The number of halogens is 1. The first-order chi connectivity index (χ1) is 7.24. The topological polar surface area (TPSA) is 0 Å². The molecular formula is C14H17Cl. The first-order valence-corrected chi connectivity index (χ1v) is 6.07. The smallest absolute Gasteiger partial charge is 0.0518 e. The predicted octanol–water partition coefficient (Wildman–Crippen LogP) is 4.26. The van der Waals surface area contributed by atoms with Crippen molar-refractivity contribution < 1.29 is 0 Å². The molecule has 0 spiro atoms. The van der Waals surface area contributed by atoms with E-state index < -0.39 is 0 Å². The van der Waals surface area contributed by atoms with Crippen LogP contribution in [-0.2, 0) is 6.42 Å². The summed E-state index contributed by atoms with van der Waals surface area (Å²) in [5.41, 5.74) is 4.23. The molecule has 1 aromatic carbocycles. The van der Waals surface area contributed by atoms with E-state index in [9.17, 15) is 0 Å². The van der Waals surface area contributed by atoms with Gasteiger partial charge in [-0.3, -0.25) is 0 Å². The number of hydrogen-bond acceptors (Lipinski definition) is 0. The lowest BCUT2D eigenvalue weighted by Crippen LogP contribution is -2.05. The van der Waals surface area contributed by atoms with Crippen molar-refractivity contribution in [2.75, 3.05) is 0 Å². The summed E-state index contributed by atoms with van der Waals surface area (Å²) >= 11 is 6.13. The highest BCUT2D eigenvalue weighted by Crippen LogP contribution is 2.24. The first kappa shape index (κ1) is 10.8. The second kappa shape index (κ2) is 4.85. The molecule has 1 unspecified atom stereocenters. The zero-order chi connectivity index (χ0) is 10.7. The minimum Gasteiger partial charge on any atom is -0.118 e. The summed E-state index contributed by atoms with van der Waals surface area (Å²) in [5.74, 6) is 0. The Labute approximate surface area is 97.0 Å². The molecule has 0 aliphatic heterocycles. The van der Waals surface area contributed by atoms with Gasteiger partial charge in [-0.05, 0) is 38.2 Å². The van der Waals surface area contributed by atoms with E-state index in [0.29, 0.717) is 0 Å². The fourth-order valence-corrected chi connectivity index (χ4v) is 2.39. The highest BCUT2D eigenvalue weighted by molar-refractivity contribution is 6.21. The van der Waals surface area contributed by atoms with E-state index in [0.717, 1.165) is 12.8 Å². The molecule has 0 aromatic heterocycles. The Morgan fingerprint density at radius 3 is 2.67 bits per heavy atom. The van der Waals surface area contributed by atoms with Crippen LogP contribution in [0.5, 0.6) is 0 Å². The Hall–Kier alpha value is -0.750. The molecule has 0 amide bonds. The SMILES string of the molecule is Cc1ccc(CC2=CC(Cl)CCC2)cc1. The van der Waals surface area contributed by atoms with Gasteiger partial charge < -0.3 is 0 Å². The van der Waals surface area contributed by atoms with Gasteiger partial charge in [-0.1, -0.05) is 41.5 Å². The Morgan fingerprint density at radius 1 is 1.27 bits per heavy atom. The summed E-state index contributed by atoms with van der Waals surface area (Å²) in [7, 11) is 0. The van der Waals surface area contributed by atoms with E-state index in [-0.39, 0.29) is 5.38 Å². The maximum atomic E-state index is 6.13. The number of hydrogen-bond donors (Lipinski definition) is 0. The second-order valence-corrected chi connectivity index (χ2v) is 4.96. The fourth-order valence-electron chi connectivity index (χ4n) is 2.06. The van der Waals surface area contributed by atoms with Gasteiger partial charge in [0, 0.05) is 0 Å². The summed E-state index contributed by atoms with van der Waals surface area (Å²) in [4.78, 5) is 0. The van der Waals surface area contributed by atoms with Gasteiger partial charge in [0.25, 0.3) is 0 Å². The van der Waals surface area contributed by atoms with Crippen molar-refractivity contribution in [1.82, 2.24) is 0 Å². The molecular weight excluding hydrogens is 204 g/mol. The summed E-state index contributed by atoms with van der Waals surface area (Å²) in [6, 6.07) is 8.79. The molecule has 1 atom stereocenters. The third-order valence-electron chi connectivity index (χ3n) is 2.95. The Morgan fingerprint density at radius 2 is 2.00 bits per heavy atom. The molecule has 0 heterocycles. The minimum atomic E-state index is 0.263. The number of aryl methyl sites for hydroxylation is 1. The monoisotopic (exact) mass is 220 g/mol. The normalized spacial score (nSPS) is 21.2. The van der Waals surface area contributed by atoms with Crippen LogP contribution in [-0.4, -0.2) is 5.38 Å². The van der Waals surface area contributed by atoms with Gasteiger partial charge in [0.05, 0.1) is 5.38 Å². The van der Waals surface area contributed by atoms with E-state index >= 15 is 0 Å². The van der Waals surface area contributed by atoms with Crippen molar-refractivity contribution in [1.29, 1.82) is 0 Å². The summed E-state index contributed by atoms with van der Waals surface area (Å²) in [6.45, 7) is 2.12. The lowest BCUT2D eigenvalue weighted by atomic mass is 9.94. The Balaban J connectivity index is 2.05. The molecule has 0 nitrogen and oxygen atoms in total. The van der Waals surface area contributed by atoms with Crippen LogP contribution in [0.4, 0.5) is 0 Å². The number of alkyl halides is 1. The lowest BCUT2D eigenvalue weighted by molar-refractivity contribution is 0.693. The van der Waals surface area contributed by atoms with Crippen LogP contribution in [0.15, 0.2) is 35.9 Å². The average Bonchev–Trinajstić information content (AvgIpc) is 2.22. The molecule has 0 fully saturated rings. The van der Waals surface area contributed by atoms with Crippen LogP contribution in [0.1, 0.15) is 30.4 Å². The van der Waals surface area contributed by atoms with Crippen LogP contribution in [0.25, 0.3) is 0 Å².